The van der Waals surface area contributed by atoms with Crippen molar-refractivity contribution in [3.05, 3.63) is 138 Å². The smallest absolute Gasteiger partial charge is 0.481 e. The van der Waals surface area contributed by atoms with Crippen LogP contribution in [-0.4, -0.2) is 43.2 Å². The van der Waals surface area contributed by atoms with E-state index in [1.54, 1.807) is 12.1 Å². The molecular formula is C43H44FNO5PSi+. The SMILES string of the molecule is CC(C)c1nc(-c2ccccc2)cc(-c2ccc(F)cc2)c1C#CCO[P+](=O)C[C@H](CC(=O)O)O[Si](c1ccccc1)(c1ccccc1)C(C)(C)C. The zero-order valence-corrected chi connectivity index (χ0v) is 32.1. The average Bonchev–Trinajstić information content (AvgIpc) is 3.12. The molecule has 266 valence electrons. The minimum Gasteiger partial charge on any atom is -0.481 e. The van der Waals surface area contributed by atoms with E-state index in [1.165, 1.54) is 12.1 Å². The number of hydrogen-bond acceptors (Lipinski definition) is 5. The van der Waals surface area contributed by atoms with Crippen LogP contribution in [0.25, 0.3) is 22.4 Å². The van der Waals surface area contributed by atoms with Gasteiger partial charge in [0.2, 0.25) is 6.16 Å². The van der Waals surface area contributed by atoms with E-state index in [-0.39, 0.29) is 30.9 Å². The number of hydrogen-bond donors (Lipinski definition) is 1. The van der Waals surface area contributed by atoms with Crippen molar-refractivity contribution in [2.24, 2.45) is 0 Å². The monoisotopic (exact) mass is 732 g/mol. The normalized spacial score (nSPS) is 12.6. The summed E-state index contributed by atoms with van der Waals surface area (Å²) in [5.74, 6) is 4.87. The molecule has 1 heterocycles. The maximum Gasteiger partial charge on any atom is 0.511 e. The number of nitrogens with zero attached hydrogens (tertiary/aromatic N) is 1. The Hall–Kier alpha value is -4.77. The summed E-state index contributed by atoms with van der Waals surface area (Å²) in [6, 6.07) is 37.9. The van der Waals surface area contributed by atoms with Crippen LogP contribution in [0.5, 0.6) is 0 Å². The van der Waals surface area contributed by atoms with E-state index in [4.69, 9.17) is 13.9 Å². The van der Waals surface area contributed by atoms with Gasteiger partial charge < -0.3 is 9.53 Å². The zero-order chi connectivity index (χ0) is 37.3. The van der Waals surface area contributed by atoms with E-state index in [2.05, 4.69) is 32.6 Å². The number of rotatable bonds is 13. The predicted molar refractivity (Wildman–Crippen MR) is 209 cm³/mol. The number of carboxylic acids is 1. The Morgan fingerprint density at radius 1 is 0.865 bits per heavy atom. The fourth-order valence-corrected chi connectivity index (χ4v) is 12.1. The molecule has 5 rings (SSSR count). The van der Waals surface area contributed by atoms with Crippen LogP contribution in [0.3, 0.4) is 0 Å². The standard InChI is InChI=1S/C43H43FNO5PSi/c1-31(2)42-38(39(32-23-25-34(44)26-24-32)29-40(45-42)33-16-9-6-10-17-33)22-15-27-49-51(48)30-35(28-41(46)47)50-52(43(3,4)5,36-18-11-7-12-19-36)37-20-13-8-14-21-37/h6-14,16-21,23-26,29,31,35H,27-28,30H2,1-5H3/p+1/t35-/m0/s1. The summed E-state index contributed by atoms with van der Waals surface area (Å²) in [5.41, 5.74) is 4.77. The number of benzene rings is 4. The first-order valence-electron chi connectivity index (χ1n) is 17.3. The molecule has 1 aromatic heterocycles. The highest BCUT2D eigenvalue weighted by atomic mass is 31.1. The van der Waals surface area contributed by atoms with Gasteiger partial charge in [-0.15, -0.1) is 4.52 Å². The average molecular weight is 733 g/mol. The van der Waals surface area contributed by atoms with Crippen LogP contribution in [0.1, 0.15) is 58.2 Å². The van der Waals surface area contributed by atoms with Crippen molar-refractivity contribution in [2.75, 3.05) is 12.8 Å². The van der Waals surface area contributed by atoms with Gasteiger partial charge in [0.1, 0.15) is 11.9 Å². The lowest BCUT2D eigenvalue weighted by atomic mass is 9.93. The molecule has 0 fully saturated rings. The molecule has 2 atom stereocenters. The summed E-state index contributed by atoms with van der Waals surface area (Å²) >= 11 is 0. The van der Waals surface area contributed by atoms with E-state index in [9.17, 15) is 18.9 Å². The number of carbonyl (C=O) groups is 1. The van der Waals surface area contributed by atoms with Crippen LogP contribution in [-0.2, 0) is 18.3 Å². The molecule has 0 bridgehead atoms. The van der Waals surface area contributed by atoms with Gasteiger partial charge in [-0.05, 0) is 49.7 Å². The molecule has 0 saturated heterocycles. The van der Waals surface area contributed by atoms with Gasteiger partial charge in [-0.25, -0.2) is 4.39 Å². The largest absolute Gasteiger partial charge is 0.511 e. The molecule has 0 saturated carbocycles. The molecule has 6 nitrogen and oxygen atoms in total. The second-order valence-corrected chi connectivity index (χ2v) is 19.5. The van der Waals surface area contributed by atoms with Gasteiger partial charge in [0.05, 0.1) is 23.4 Å². The van der Waals surface area contributed by atoms with Crippen molar-refractivity contribution < 1.29 is 27.8 Å². The van der Waals surface area contributed by atoms with Crippen LogP contribution < -0.4 is 10.4 Å². The first-order valence-corrected chi connectivity index (χ1v) is 20.6. The maximum atomic E-state index is 13.9. The van der Waals surface area contributed by atoms with E-state index in [0.29, 0.717) is 5.56 Å². The lowest BCUT2D eigenvalue weighted by Crippen LogP contribution is -2.68. The molecule has 0 aliphatic carbocycles. The summed E-state index contributed by atoms with van der Waals surface area (Å²) in [6.07, 6.45) is -1.33. The zero-order valence-electron chi connectivity index (χ0n) is 30.2. The van der Waals surface area contributed by atoms with Crippen LogP contribution in [0.2, 0.25) is 5.04 Å². The molecule has 0 aliphatic heterocycles. The van der Waals surface area contributed by atoms with Crippen molar-refractivity contribution in [3.63, 3.8) is 0 Å². The summed E-state index contributed by atoms with van der Waals surface area (Å²) < 4.78 is 40.2. The topological polar surface area (TPSA) is 85.7 Å². The van der Waals surface area contributed by atoms with Gasteiger partial charge in [-0.3, -0.25) is 9.78 Å². The summed E-state index contributed by atoms with van der Waals surface area (Å²) in [7, 11) is -5.47. The van der Waals surface area contributed by atoms with Crippen LogP contribution >= 0.6 is 8.03 Å². The van der Waals surface area contributed by atoms with Gasteiger partial charge >= 0.3 is 14.0 Å². The molecule has 9 heteroatoms. The van der Waals surface area contributed by atoms with Crippen LogP contribution in [0, 0.1) is 17.7 Å². The Balaban J connectivity index is 1.43. The van der Waals surface area contributed by atoms with Gasteiger partial charge in [0, 0.05) is 11.1 Å². The van der Waals surface area contributed by atoms with Crippen molar-refractivity contribution in [1.29, 1.82) is 0 Å². The second kappa shape index (κ2) is 17.2. The lowest BCUT2D eigenvalue weighted by Gasteiger charge is -2.44. The summed E-state index contributed by atoms with van der Waals surface area (Å²) in [4.78, 5) is 17.1. The third-order valence-corrected chi connectivity index (χ3v) is 15.0. The molecular weight excluding hydrogens is 689 g/mol. The second-order valence-electron chi connectivity index (χ2n) is 13.9. The quantitative estimate of drug-likeness (QED) is 0.0739. The number of pyridine rings is 1. The minimum atomic E-state index is -3.12. The number of carboxylic acid groups (broad SMARTS) is 1. The fraction of sp³-hybridized carbons (Fsp3) is 0.256. The van der Waals surface area contributed by atoms with Crippen LogP contribution in [0.4, 0.5) is 4.39 Å². The molecule has 4 aromatic carbocycles. The first-order chi connectivity index (χ1) is 24.9. The Bertz CT molecular complexity index is 2000. The molecule has 1 unspecified atom stereocenters. The minimum absolute atomic E-state index is 0.0140. The third kappa shape index (κ3) is 9.17. The van der Waals surface area contributed by atoms with E-state index in [0.717, 1.165) is 38.5 Å². The lowest BCUT2D eigenvalue weighted by molar-refractivity contribution is -0.138. The summed E-state index contributed by atoms with van der Waals surface area (Å²) in [6.45, 7) is 10.2. The molecule has 0 aliphatic rings. The first kappa shape index (κ1) is 38.5. The molecule has 52 heavy (non-hydrogen) atoms. The van der Waals surface area contributed by atoms with E-state index in [1.807, 2.05) is 111 Å². The molecule has 5 aromatic rings. The van der Waals surface area contributed by atoms with Crippen molar-refractivity contribution in [2.45, 2.75) is 58.1 Å². The van der Waals surface area contributed by atoms with Crippen molar-refractivity contribution >= 4 is 32.7 Å². The van der Waals surface area contributed by atoms with Crippen molar-refractivity contribution in [3.8, 4) is 34.2 Å². The van der Waals surface area contributed by atoms with Gasteiger partial charge in [-0.1, -0.05) is 150 Å². The molecule has 1 N–H and O–H groups in total. The third-order valence-electron chi connectivity index (χ3n) is 8.83. The highest BCUT2D eigenvalue weighted by molar-refractivity contribution is 7.39. The van der Waals surface area contributed by atoms with E-state index >= 15 is 0 Å². The van der Waals surface area contributed by atoms with Gasteiger partial charge in [0.15, 0.2) is 6.61 Å². The Labute approximate surface area is 308 Å². The number of aliphatic carboxylic acids is 1. The molecule has 0 amide bonds. The van der Waals surface area contributed by atoms with Crippen LogP contribution in [0.15, 0.2) is 121 Å². The van der Waals surface area contributed by atoms with E-state index < -0.39 is 33.5 Å². The number of aromatic nitrogens is 1. The fourth-order valence-electron chi connectivity index (χ4n) is 6.46. The highest BCUT2D eigenvalue weighted by Gasteiger charge is 2.52. The predicted octanol–water partition coefficient (Wildman–Crippen LogP) is 9.21. The Kier molecular flexibility index (Phi) is 12.7. The maximum absolute atomic E-state index is 13.9. The summed E-state index contributed by atoms with van der Waals surface area (Å²) in [5, 5.41) is 11.5. The Morgan fingerprint density at radius 3 is 1.94 bits per heavy atom. The van der Waals surface area contributed by atoms with Crippen molar-refractivity contribution in [1.82, 2.24) is 4.98 Å². The molecule has 0 radical (unpaired) electrons. The number of halogens is 1. The van der Waals surface area contributed by atoms with Gasteiger partial charge in [-0.2, -0.15) is 0 Å². The highest BCUT2D eigenvalue weighted by Crippen LogP contribution is 2.39. The van der Waals surface area contributed by atoms with Gasteiger partial charge in [0.25, 0.3) is 8.32 Å². The molecule has 0 spiro atoms. The Morgan fingerprint density at radius 2 is 1.42 bits per heavy atom.